The molecule has 0 bridgehead atoms. The molecule has 0 unspecified atom stereocenters. The molecule has 110 valence electrons. The van der Waals surface area contributed by atoms with Crippen molar-refractivity contribution in [2.75, 3.05) is 0 Å². The van der Waals surface area contributed by atoms with Crippen molar-refractivity contribution in [1.29, 1.82) is 0 Å². The van der Waals surface area contributed by atoms with Crippen molar-refractivity contribution in [3.05, 3.63) is 70.0 Å². The fraction of sp³-hybridized carbons (Fsp3) is 0.188. The number of ketones is 1. The van der Waals surface area contributed by atoms with Crippen LogP contribution in [-0.2, 0) is 6.18 Å². The van der Waals surface area contributed by atoms with Crippen LogP contribution in [-0.4, -0.2) is 5.78 Å². The molecule has 2 aromatic carbocycles. The second kappa shape index (κ2) is 5.31. The van der Waals surface area contributed by atoms with Gasteiger partial charge in [-0.3, -0.25) is 4.79 Å². The summed E-state index contributed by atoms with van der Waals surface area (Å²) in [6.45, 7) is 3.40. The van der Waals surface area contributed by atoms with Crippen LogP contribution in [0, 0.1) is 19.7 Å². The summed E-state index contributed by atoms with van der Waals surface area (Å²) in [6.07, 6.45) is -4.83. The first-order valence-electron chi connectivity index (χ1n) is 6.19. The first kappa shape index (κ1) is 15.2. The molecule has 0 atom stereocenters. The summed E-state index contributed by atoms with van der Waals surface area (Å²) in [5, 5.41) is 0. The maximum Gasteiger partial charge on any atom is 0.419 e. The molecule has 0 fully saturated rings. The Morgan fingerprint density at radius 1 is 1.00 bits per heavy atom. The lowest BCUT2D eigenvalue weighted by Gasteiger charge is -2.12. The minimum absolute atomic E-state index is 0.202. The van der Waals surface area contributed by atoms with Gasteiger partial charge >= 0.3 is 6.18 Å². The highest BCUT2D eigenvalue weighted by molar-refractivity contribution is 6.10. The molecule has 0 radical (unpaired) electrons. The summed E-state index contributed by atoms with van der Waals surface area (Å²) in [6, 6.07) is 7.70. The van der Waals surface area contributed by atoms with Crippen LogP contribution in [0.2, 0.25) is 0 Å². The molecule has 0 heterocycles. The molecule has 0 aliphatic rings. The SMILES string of the molecule is Cc1ccc(C)c(C(=O)c2cccc(C(F)(F)F)c2F)c1. The third-order valence-corrected chi connectivity index (χ3v) is 3.19. The van der Waals surface area contributed by atoms with Crippen molar-refractivity contribution in [2.24, 2.45) is 0 Å². The van der Waals surface area contributed by atoms with E-state index in [2.05, 4.69) is 0 Å². The Morgan fingerprint density at radius 3 is 2.29 bits per heavy atom. The molecule has 0 N–H and O–H groups in total. The van der Waals surface area contributed by atoms with Gasteiger partial charge in [0, 0.05) is 5.56 Å². The minimum Gasteiger partial charge on any atom is -0.288 e. The maximum absolute atomic E-state index is 14.0. The van der Waals surface area contributed by atoms with Crippen molar-refractivity contribution in [2.45, 2.75) is 20.0 Å². The monoisotopic (exact) mass is 296 g/mol. The van der Waals surface area contributed by atoms with Crippen LogP contribution in [0.1, 0.15) is 32.6 Å². The standard InChI is InChI=1S/C16H12F4O/c1-9-6-7-10(2)12(8-9)15(21)11-4-3-5-13(14(11)17)16(18,19)20/h3-8H,1-2H3. The van der Waals surface area contributed by atoms with Gasteiger partial charge in [-0.25, -0.2) is 4.39 Å². The molecule has 2 rings (SSSR count). The first-order valence-corrected chi connectivity index (χ1v) is 6.19. The Labute approximate surface area is 119 Å². The van der Waals surface area contributed by atoms with Gasteiger partial charge in [-0.15, -0.1) is 0 Å². The van der Waals surface area contributed by atoms with Gasteiger partial charge in [-0.2, -0.15) is 13.2 Å². The molecule has 5 heteroatoms. The van der Waals surface area contributed by atoms with Gasteiger partial charge in [0.15, 0.2) is 5.78 Å². The number of hydrogen-bond acceptors (Lipinski definition) is 1. The van der Waals surface area contributed by atoms with E-state index >= 15 is 0 Å². The summed E-state index contributed by atoms with van der Waals surface area (Å²) in [5.74, 6) is -2.28. The smallest absolute Gasteiger partial charge is 0.288 e. The number of rotatable bonds is 2. The summed E-state index contributed by atoms with van der Waals surface area (Å²) < 4.78 is 52.1. The molecule has 21 heavy (non-hydrogen) atoms. The van der Waals surface area contributed by atoms with E-state index in [9.17, 15) is 22.4 Å². The van der Waals surface area contributed by atoms with E-state index in [-0.39, 0.29) is 5.56 Å². The fourth-order valence-electron chi connectivity index (χ4n) is 2.05. The predicted molar refractivity (Wildman–Crippen MR) is 70.8 cm³/mol. The van der Waals surface area contributed by atoms with Gasteiger partial charge in [-0.1, -0.05) is 23.8 Å². The third kappa shape index (κ3) is 2.96. The zero-order valence-electron chi connectivity index (χ0n) is 11.4. The number of alkyl halides is 3. The zero-order valence-corrected chi connectivity index (χ0v) is 11.4. The topological polar surface area (TPSA) is 17.1 Å². The molecule has 0 aliphatic heterocycles. The van der Waals surface area contributed by atoms with Crippen LogP contribution in [0.4, 0.5) is 17.6 Å². The highest BCUT2D eigenvalue weighted by Gasteiger charge is 2.35. The zero-order chi connectivity index (χ0) is 15.8. The Hall–Kier alpha value is -2.17. The van der Waals surface area contributed by atoms with E-state index in [1.165, 1.54) is 6.07 Å². The molecular formula is C16H12F4O. The normalized spacial score (nSPS) is 11.5. The van der Waals surface area contributed by atoms with Gasteiger partial charge < -0.3 is 0 Å². The average Bonchev–Trinajstić information content (AvgIpc) is 2.39. The molecular weight excluding hydrogens is 284 g/mol. The first-order chi connectivity index (χ1) is 9.71. The van der Waals surface area contributed by atoms with Crippen LogP contribution in [0.25, 0.3) is 0 Å². The van der Waals surface area contributed by atoms with Crippen LogP contribution in [0.5, 0.6) is 0 Å². The van der Waals surface area contributed by atoms with E-state index in [1.807, 2.05) is 0 Å². The van der Waals surface area contributed by atoms with Gasteiger partial charge in [-0.05, 0) is 37.6 Å². The second-order valence-corrected chi connectivity index (χ2v) is 4.81. The number of hydrogen-bond donors (Lipinski definition) is 0. The van der Waals surface area contributed by atoms with Gasteiger partial charge in [0.1, 0.15) is 5.82 Å². The number of halogens is 4. The van der Waals surface area contributed by atoms with Crippen LogP contribution >= 0.6 is 0 Å². The summed E-state index contributed by atoms with van der Waals surface area (Å²) in [4.78, 5) is 12.3. The van der Waals surface area contributed by atoms with E-state index in [4.69, 9.17) is 0 Å². The second-order valence-electron chi connectivity index (χ2n) is 4.81. The Morgan fingerprint density at radius 2 is 1.67 bits per heavy atom. The lowest BCUT2D eigenvalue weighted by Crippen LogP contribution is -2.13. The Kier molecular flexibility index (Phi) is 3.85. The Balaban J connectivity index is 2.57. The van der Waals surface area contributed by atoms with Crippen LogP contribution in [0.15, 0.2) is 36.4 Å². The highest BCUT2D eigenvalue weighted by atomic mass is 19.4. The van der Waals surface area contributed by atoms with E-state index < -0.39 is 28.9 Å². The number of benzene rings is 2. The molecule has 1 nitrogen and oxygen atoms in total. The van der Waals surface area contributed by atoms with Gasteiger partial charge in [0.25, 0.3) is 0 Å². The molecule has 0 amide bonds. The molecule has 0 saturated carbocycles. The summed E-state index contributed by atoms with van der Waals surface area (Å²) in [7, 11) is 0. The van der Waals surface area contributed by atoms with Gasteiger partial charge in [0.2, 0.25) is 0 Å². The molecule has 0 aromatic heterocycles. The summed E-state index contributed by atoms with van der Waals surface area (Å²) >= 11 is 0. The average molecular weight is 296 g/mol. The van der Waals surface area contributed by atoms with Crippen molar-refractivity contribution in [1.82, 2.24) is 0 Å². The summed E-state index contributed by atoms with van der Waals surface area (Å²) in [5.41, 5.74) is -0.441. The van der Waals surface area contributed by atoms with Crippen molar-refractivity contribution >= 4 is 5.78 Å². The predicted octanol–water partition coefficient (Wildman–Crippen LogP) is 4.69. The van der Waals surface area contributed by atoms with E-state index in [0.717, 1.165) is 17.7 Å². The van der Waals surface area contributed by atoms with E-state index in [0.29, 0.717) is 11.6 Å². The minimum atomic E-state index is -4.83. The molecule has 0 aliphatic carbocycles. The molecule has 2 aromatic rings. The van der Waals surface area contributed by atoms with Gasteiger partial charge in [0.05, 0.1) is 11.1 Å². The molecule has 0 saturated heterocycles. The molecule has 0 spiro atoms. The Bertz CT molecular complexity index is 702. The number of aryl methyl sites for hydroxylation is 2. The number of carbonyl (C=O) groups is 1. The maximum atomic E-state index is 14.0. The fourth-order valence-corrected chi connectivity index (χ4v) is 2.05. The van der Waals surface area contributed by atoms with Crippen molar-refractivity contribution in [3.63, 3.8) is 0 Å². The van der Waals surface area contributed by atoms with Crippen molar-refractivity contribution in [3.8, 4) is 0 Å². The highest BCUT2D eigenvalue weighted by Crippen LogP contribution is 2.33. The van der Waals surface area contributed by atoms with E-state index in [1.54, 1.807) is 26.0 Å². The lowest BCUT2D eigenvalue weighted by atomic mass is 9.96. The van der Waals surface area contributed by atoms with Crippen molar-refractivity contribution < 1.29 is 22.4 Å². The number of carbonyl (C=O) groups excluding carboxylic acids is 1. The van der Waals surface area contributed by atoms with Crippen LogP contribution < -0.4 is 0 Å². The lowest BCUT2D eigenvalue weighted by molar-refractivity contribution is -0.140. The third-order valence-electron chi connectivity index (χ3n) is 3.19. The largest absolute Gasteiger partial charge is 0.419 e. The van der Waals surface area contributed by atoms with Crippen LogP contribution in [0.3, 0.4) is 0 Å². The quantitative estimate of drug-likeness (QED) is 0.580.